The smallest absolute Gasteiger partial charge is 0.319 e. The first-order valence-electron chi connectivity index (χ1n) is 7.94. The second kappa shape index (κ2) is 11.1. The van der Waals surface area contributed by atoms with Gasteiger partial charge >= 0.3 is 5.97 Å². The van der Waals surface area contributed by atoms with E-state index in [9.17, 15) is 24.5 Å². The number of nitrogens with one attached hydrogen (secondary N) is 2. The Labute approximate surface area is 155 Å². The lowest BCUT2D eigenvalue weighted by Gasteiger charge is -2.11. The van der Waals surface area contributed by atoms with Crippen LogP contribution in [-0.2, 0) is 19.1 Å². The normalized spacial score (nSPS) is 11.3. The van der Waals surface area contributed by atoms with Crippen LogP contribution in [0.2, 0.25) is 0 Å². The van der Waals surface area contributed by atoms with E-state index < -0.39 is 28.7 Å². The molecule has 1 aromatic rings. The zero-order valence-electron chi connectivity index (χ0n) is 14.5. The van der Waals surface area contributed by atoms with Gasteiger partial charge in [0.1, 0.15) is 5.25 Å². The predicted molar refractivity (Wildman–Crippen MR) is 95.7 cm³/mol. The maximum atomic E-state index is 11.9. The minimum atomic E-state index is -0.600. The van der Waals surface area contributed by atoms with Gasteiger partial charge in [0.05, 0.1) is 11.5 Å². The Bertz CT molecular complexity index is 650. The third-order valence-electron chi connectivity index (χ3n) is 3.06. The van der Waals surface area contributed by atoms with Crippen molar-refractivity contribution in [2.45, 2.75) is 30.4 Å². The number of carbonyl (C=O) groups excluding carboxylic acids is 3. The van der Waals surface area contributed by atoms with Gasteiger partial charge in [-0.3, -0.25) is 24.5 Å². The average Bonchev–Trinajstić information content (AvgIpc) is 2.62. The van der Waals surface area contributed by atoms with Crippen LogP contribution in [0.15, 0.2) is 29.2 Å². The number of nitrogens with zero attached hydrogens (tertiary/aromatic N) is 1. The Morgan fingerprint density at radius 3 is 2.42 bits per heavy atom. The third kappa shape index (κ3) is 7.97. The molecule has 0 aliphatic heterocycles. The third-order valence-corrected chi connectivity index (χ3v) is 4.15. The summed E-state index contributed by atoms with van der Waals surface area (Å²) in [7, 11) is 0. The second-order valence-corrected chi connectivity index (χ2v) is 6.66. The molecule has 1 aromatic carbocycles. The number of rotatable bonds is 10. The zero-order chi connectivity index (χ0) is 19.5. The summed E-state index contributed by atoms with van der Waals surface area (Å²) >= 11 is 1.16. The minimum Gasteiger partial charge on any atom is -0.455 e. The Morgan fingerprint density at radius 1 is 1.19 bits per heavy atom. The standard InChI is InChI=1S/C16H21N3O6S/c1-3-8-17-14(20)9-18-15(21)10-25-16(22)11(2)26-13-6-4-12(5-7-13)19(23)24/h4-7,11H,3,8-10H2,1-2H3,(H,17,20)(H,18,21)/t11-/m1/s1. The van der Waals surface area contributed by atoms with Gasteiger partial charge in [-0.25, -0.2) is 0 Å². The fourth-order valence-corrected chi connectivity index (χ4v) is 2.58. The first-order chi connectivity index (χ1) is 12.3. The zero-order valence-corrected chi connectivity index (χ0v) is 15.3. The van der Waals surface area contributed by atoms with E-state index in [4.69, 9.17) is 4.74 Å². The highest BCUT2D eigenvalue weighted by atomic mass is 32.2. The van der Waals surface area contributed by atoms with E-state index in [0.717, 1.165) is 18.2 Å². The molecule has 1 atom stereocenters. The summed E-state index contributed by atoms with van der Waals surface area (Å²) in [5.41, 5.74) is -0.0378. The molecule has 9 nitrogen and oxygen atoms in total. The molecule has 10 heteroatoms. The van der Waals surface area contributed by atoms with Gasteiger partial charge in [-0.05, 0) is 25.5 Å². The summed E-state index contributed by atoms with van der Waals surface area (Å²) < 4.78 is 4.90. The molecular formula is C16H21N3O6S. The predicted octanol–water partition coefficient (Wildman–Crippen LogP) is 1.26. The lowest BCUT2D eigenvalue weighted by atomic mass is 10.3. The van der Waals surface area contributed by atoms with Crippen LogP contribution >= 0.6 is 11.8 Å². The number of ether oxygens (including phenoxy) is 1. The van der Waals surface area contributed by atoms with Crippen LogP contribution in [0.5, 0.6) is 0 Å². The molecule has 0 radical (unpaired) electrons. The average molecular weight is 383 g/mol. The summed E-state index contributed by atoms with van der Waals surface area (Å²) in [4.78, 5) is 45.6. The summed E-state index contributed by atoms with van der Waals surface area (Å²) in [5.74, 6) is -1.48. The van der Waals surface area contributed by atoms with Crippen LogP contribution in [0, 0.1) is 10.1 Å². The fraction of sp³-hybridized carbons (Fsp3) is 0.438. The maximum Gasteiger partial charge on any atom is 0.319 e. The highest BCUT2D eigenvalue weighted by Crippen LogP contribution is 2.25. The molecule has 0 aromatic heterocycles. The Kier molecular flexibility index (Phi) is 9.13. The van der Waals surface area contributed by atoms with Crippen molar-refractivity contribution in [3.63, 3.8) is 0 Å². The van der Waals surface area contributed by atoms with Crippen molar-refractivity contribution in [2.75, 3.05) is 19.7 Å². The van der Waals surface area contributed by atoms with Crippen molar-refractivity contribution in [1.29, 1.82) is 0 Å². The van der Waals surface area contributed by atoms with E-state index in [0.29, 0.717) is 11.4 Å². The SMILES string of the molecule is CCCNC(=O)CNC(=O)COC(=O)[C@@H](C)Sc1ccc([N+](=O)[O-])cc1. The van der Waals surface area contributed by atoms with E-state index >= 15 is 0 Å². The number of benzene rings is 1. The molecule has 0 unspecified atom stereocenters. The number of hydrogen-bond acceptors (Lipinski definition) is 7. The van der Waals surface area contributed by atoms with Crippen LogP contribution in [0.1, 0.15) is 20.3 Å². The van der Waals surface area contributed by atoms with Crippen LogP contribution in [0.25, 0.3) is 0 Å². The Hall–Kier alpha value is -2.62. The number of hydrogen-bond donors (Lipinski definition) is 2. The lowest BCUT2D eigenvalue weighted by molar-refractivity contribution is -0.384. The molecular weight excluding hydrogens is 362 g/mol. The molecule has 0 fully saturated rings. The Balaban J connectivity index is 2.34. The highest BCUT2D eigenvalue weighted by Gasteiger charge is 2.18. The minimum absolute atomic E-state index is 0.0378. The lowest BCUT2D eigenvalue weighted by Crippen LogP contribution is -2.39. The molecule has 0 saturated carbocycles. The van der Waals surface area contributed by atoms with Gasteiger partial charge in [0.25, 0.3) is 11.6 Å². The van der Waals surface area contributed by atoms with Gasteiger partial charge in [-0.2, -0.15) is 0 Å². The van der Waals surface area contributed by atoms with Gasteiger partial charge < -0.3 is 15.4 Å². The van der Waals surface area contributed by atoms with E-state index in [1.165, 1.54) is 24.3 Å². The van der Waals surface area contributed by atoms with Crippen LogP contribution in [0.4, 0.5) is 5.69 Å². The van der Waals surface area contributed by atoms with Gasteiger partial charge in [0.15, 0.2) is 6.61 Å². The molecule has 0 aliphatic carbocycles. The fourth-order valence-electron chi connectivity index (χ4n) is 1.71. The van der Waals surface area contributed by atoms with Crippen molar-refractivity contribution in [2.24, 2.45) is 0 Å². The summed E-state index contributed by atoms with van der Waals surface area (Å²) in [6.07, 6.45) is 0.793. The van der Waals surface area contributed by atoms with Crippen molar-refractivity contribution >= 4 is 35.2 Å². The van der Waals surface area contributed by atoms with E-state index in [2.05, 4.69) is 10.6 Å². The number of nitro groups is 1. The quantitative estimate of drug-likeness (QED) is 0.269. The molecule has 1 rings (SSSR count). The number of esters is 1. The van der Waals surface area contributed by atoms with Crippen molar-refractivity contribution in [1.82, 2.24) is 10.6 Å². The highest BCUT2D eigenvalue weighted by molar-refractivity contribution is 8.00. The summed E-state index contributed by atoms with van der Waals surface area (Å²) in [5, 5.41) is 15.0. The van der Waals surface area contributed by atoms with Gasteiger partial charge in [0.2, 0.25) is 5.91 Å². The number of carbonyl (C=O) groups is 3. The molecule has 0 saturated heterocycles. The summed E-state index contributed by atoms with van der Waals surface area (Å²) in [6.45, 7) is 3.38. The number of amides is 2. The van der Waals surface area contributed by atoms with Gasteiger partial charge in [-0.1, -0.05) is 6.92 Å². The van der Waals surface area contributed by atoms with Crippen molar-refractivity contribution < 1.29 is 24.0 Å². The van der Waals surface area contributed by atoms with Crippen LogP contribution in [0.3, 0.4) is 0 Å². The number of non-ortho nitro benzene ring substituents is 1. The van der Waals surface area contributed by atoms with Gasteiger partial charge in [0, 0.05) is 23.6 Å². The molecule has 2 N–H and O–H groups in total. The maximum absolute atomic E-state index is 11.9. The van der Waals surface area contributed by atoms with Crippen LogP contribution in [-0.4, -0.2) is 47.7 Å². The first kappa shape index (κ1) is 21.4. The van der Waals surface area contributed by atoms with Gasteiger partial charge in [-0.15, -0.1) is 11.8 Å². The second-order valence-electron chi connectivity index (χ2n) is 5.25. The van der Waals surface area contributed by atoms with Crippen LogP contribution < -0.4 is 10.6 Å². The molecule has 26 heavy (non-hydrogen) atoms. The molecule has 0 bridgehead atoms. The van der Waals surface area contributed by atoms with E-state index in [1.807, 2.05) is 6.92 Å². The molecule has 2 amide bonds. The van der Waals surface area contributed by atoms with E-state index in [1.54, 1.807) is 6.92 Å². The van der Waals surface area contributed by atoms with Crippen molar-refractivity contribution in [3.05, 3.63) is 34.4 Å². The molecule has 0 heterocycles. The molecule has 0 spiro atoms. The summed E-state index contributed by atoms with van der Waals surface area (Å²) in [6, 6.07) is 5.76. The monoisotopic (exact) mass is 383 g/mol. The topological polar surface area (TPSA) is 128 Å². The van der Waals surface area contributed by atoms with Crippen molar-refractivity contribution in [3.8, 4) is 0 Å². The number of thioether (sulfide) groups is 1. The Morgan fingerprint density at radius 2 is 1.85 bits per heavy atom. The number of nitro benzene ring substituents is 1. The molecule has 142 valence electrons. The molecule has 0 aliphatic rings. The largest absolute Gasteiger partial charge is 0.455 e. The first-order valence-corrected chi connectivity index (χ1v) is 8.82. The van der Waals surface area contributed by atoms with E-state index in [-0.39, 0.29) is 18.1 Å².